The minimum absolute atomic E-state index is 0.275. The second-order valence-corrected chi connectivity index (χ2v) is 8.22. The van der Waals surface area contributed by atoms with Crippen molar-refractivity contribution in [1.82, 2.24) is 10.2 Å². The number of likely N-dealkylation sites (tertiary alicyclic amines) is 1. The largest absolute Gasteiger partial charge is 0.480 e. The zero-order valence-corrected chi connectivity index (χ0v) is 17.4. The van der Waals surface area contributed by atoms with E-state index in [1.165, 1.54) is 5.56 Å². The Hall–Kier alpha value is -1.12. The lowest BCUT2D eigenvalue weighted by atomic mass is 9.81. The molecule has 2 rings (SSSR count). The van der Waals surface area contributed by atoms with E-state index in [4.69, 9.17) is 21.6 Å². The maximum atomic E-state index is 11.9. The van der Waals surface area contributed by atoms with Crippen molar-refractivity contribution in [3.63, 3.8) is 0 Å². The van der Waals surface area contributed by atoms with Crippen molar-refractivity contribution in [2.75, 3.05) is 26.7 Å². The third kappa shape index (κ3) is 6.74. The first-order valence-corrected chi connectivity index (χ1v) is 10.5. The number of nitrogens with one attached hydrogen (secondary N) is 1. The summed E-state index contributed by atoms with van der Waals surface area (Å²) in [5.74, 6) is -0.303. The number of piperidine rings is 1. The monoisotopic (exact) mass is 410 g/mol. The van der Waals surface area contributed by atoms with Gasteiger partial charge in [0.2, 0.25) is 0 Å². The van der Waals surface area contributed by atoms with E-state index >= 15 is 0 Å². The Morgan fingerprint density at radius 1 is 1.21 bits per heavy atom. The van der Waals surface area contributed by atoms with Crippen LogP contribution in [0.25, 0.3) is 0 Å². The third-order valence-electron chi connectivity index (χ3n) is 5.99. The van der Waals surface area contributed by atoms with Gasteiger partial charge in [0.25, 0.3) is 0 Å². The predicted molar refractivity (Wildman–Crippen MR) is 113 cm³/mol. The van der Waals surface area contributed by atoms with E-state index in [1.54, 1.807) is 7.05 Å². The van der Waals surface area contributed by atoms with Gasteiger partial charge < -0.3 is 25.4 Å². The van der Waals surface area contributed by atoms with Crippen LogP contribution in [0.3, 0.4) is 0 Å². The summed E-state index contributed by atoms with van der Waals surface area (Å²) in [7, 11) is 0.373. The van der Waals surface area contributed by atoms with Crippen LogP contribution in [0.4, 0.5) is 0 Å². The van der Waals surface area contributed by atoms with Crippen molar-refractivity contribution in [3.05, 3.63) is 34.9 Å². The van der Waals surface area contributed by atoms with E-state index in [2.05, 4.69) is 22.3 Å². The Bertz CT molecular complexity index is 609. The maximum Gasteiger partial charge on any atom is 0.451 e. The molecular formula is C20H32BClN2O4. The molecule has 0 amide bonds. The van der Waals surface area contributed by atoms with E-state index in [0.29, 0.717) is 31.6 Å². The molecule has 0 saturated carbocycles. The molecule has 1 aliphatic heterocycles. The Balaban J connectivity index is 1.82. The van der Waals surface area contributed by atoms with Gasteiger partial charge in [-0.3, -0.25) is 4.79 Å². The molecular weight excluding hydrogens is 378 g/mol. The molecule has 0 aromatic heterocycles. The van der Waals surface area contributed by atoms with Gasteiger partial charge in [0, 0.05) is 11.6 Å². The van der Waals surface area contributed by atoms with E-state index in [9.17, 15) is 9.90 Å². The smallest absolute Gasteiger partial charge is 0.451 e. The summed E-state index contributed by atoms with van der Waals surface area (Å²) < 4.78 is 0. The van der Waals surface area contributed by atoms with Gasteiger partial charge in [-0.15, -0.1) is 0 Å². The van der Waals surface area contributed by atoms with Crippen LogP contribution in [0.5, 0.6) is 0 Å². The maximum absolute atomic E-state index is 11.9. The molecule has 1 aliphatic rings. The first-order valence-electron chi connectivity index (χ1n) is 10.1. The zero-order chi connectivity index (χ0) is 20.6. The number of rotatable bonds is 11. The number of aliphatic carboxylic acids is 1. The lowest BCUT2D eigenvalue weighted by molar-refractivity contribution is -0.145. The number of likely N-dealkylation sites (N-methyl/N-ethyl adjacent to an activating group) is 1. The van der Waals surface area contributed by atoms with Crippen LogP contribution in [0.15, 0.2) is 24.3 Å². The normalized spacial score (nSPS) is 18.0. The molecule has 1 fully saturated rings. The van der Waals surface area contributed by atoms with Gasteiger partial charge >= 0.3 is 13.1 Å². The quantitative estimate of drug-likeness (QED) is 0.331. The summed E-state index contributed by atoms with van der Waals surface area (Å²) in [4.78, 5) is 14.3. The van der Waals surface area contributed by atoms with Crippen molar-refractivity contribution in [1.29, 1.82) is 0 Å². The first-order chi connectivity index (χ1) is 13.4. The summed E-state index contributed by atoms with van der Waals surface area (Å²) in [6, 6.07) is 8.07. The van der Waals surface area contributed by atoms with Gasteiger partial charge in [0.1, 0.15) is 5.54 Å². The van der Waals surface area contributed by atoms with Gasteiger partial charge in [0.15, 0.2) is 0 Å². The number of hydrogen-bond acceptors (Lipinski definition) is 5. The molecule has 4 N–H and O–H groups in total. The van der Waals surface area contributed by atoms with Gasteiger partial charge in [-0.25, -0.2) is 0 Å². The highest BCUT2D eigenvalue weighted by molar-refractivity contribution is 6.40. The average molecular weight is 411 g/mol. The fraction of sp³-hybridized carbons (Fsp3) is 0.650. The number of nitrogens with zero attached hydrogens (tertiary/aromatic N) is 1. The molecule has 1 unspecified atom stereocenters. The number of halogens is 1. The topological polar surface area (TPSA) is 93.0 Å². The van der Waals surface area contributed by atoms with Crippen LogP contribution in [-0.4, -0.2) is 65.4 Å². The molecule has 1 heterocycles. The molecule has 156 valence electrons. The lowest BCUT2D eigenvalue weighted by Gasteiger charge is -2.36. The van der Waals surface area contributed by atoms with Crippen molar-refractivity contribution in [3.8, 4) is 0 Å². The molecule has 1 aromatic rings. The molecule has 6 nitrogen and oxygen atoms in total. The van der Waals surface area contributed by atoms with Gasteiger partial charge in [0.05, 0.1) is 0 Å². The average Bonchev–Trinajstić information content (AvgIpc) is 2.68. The van der Waals surface area contributed by atoms with Crippen LogP contribution in [0.2, 0.25) is 11.3 Å². The fourth-order valence-electron chi connectivity index (χ4n) is 4.02. The summed E-state index contributed by atoms with van der Waals surface area (Å²) >= 11 is 5.97. The number of carboxylic acid groups (broad SMARTS) is 1. The highest BCUT2D eigenvalue weighted by atomic mass is 35.5. The summed E-state index contributed by atoms with van der Waals surface area (Å²) in [6.45, 7) is 2.66. The van der Waals surface area contributed by atoms with Crippen LogP contribution < -0.4 is 5.32 Å². The third-order valence-corrected chi connectivity index (χ3v) is 6.24. The van der Waals surface area contributed by atoms with Crippen LogP contribution in [-0.2, 0) is 4.79 Å². The summed E-state index contributed by atoms with van der Waals surface area (Å²) in [6.07, 6.45) is 4.66. The molecule has 0 aliphatic carbocycles. The molecule has 0 bridgehead atoms. The van der Waals surface area contributed by atoms with Crippen molar-refractivity contribution >= 4 is 24.7 Å². The number of benzene rings is 1. The number of carboxylic acids is 1. The Morgan fingerprint density at radius 3 is 2.39 bits per heavy atom. The second-order valence-electron chi connectivity index (χ2n) is 7.78. The first kappa shape index (κ1) is 23.2. The minimum Gasteiger partial charge on any atom is -0.480 e. The van der Waals surface area contributed by atoms with Gasteiger partial charge in [-0.05, 0) is 75.8 Å². The molecule has 28 heavy (non-hydrogen) atoms. The SMILES string of the molecule is CNC(CCCCB(O)O)(CCN1CCC(c2ccc(Cl)cc2)CC1)C(=O)O. The Labute approximate surface area is 173 Å². The van der Waals surface area contributed by atoms with E-state index < -0.39 is 18.6 Å². The van der Waals surface area contributed by atoms with Crippen molar-refractivity contribution in [2.24, 2.45) is 0 Å². The molecule has 0 radical (unpaired) electrons. The highest BCUT2D eigenvalue weighted by Crippen LogP contribution is 2.29. The van der Waals surface area contributed by atoms with Crippen LogP contribution >= 0.6 is 11.6 Å². The summed E-state index contributed by atoms with van der Waals surface area (Å²) in [5, 5.41) is 31.5. The lowest BCUT2D eigenvalue weighted by Crippen LogP contribution is -2.52. The minimum atomic E-state index is -1.32. The Morgan fingerprint density at radius 2 is 1.86 bits per heavy atom. The number of hydrogen-bond donors (Lipinski definition) is 4. The van der Waals surface area contributed by atoms with Crippen LogP contribution in [0, 0.1) is 0 Å². The van der Waals surface area contributed by atoms with Gasteiger partial charge in [-0.2, -0.15) is 0 Å². The number of unbranched alkanes of at least 4 members (excludes halogenated alkanes) is 1. The van der Waals surface area contributed by atoms with Crippen molar-refractivity contribution in [2.45, 2.75) is 56.3 Å². The summed E-state index contributed by atoms with van der Waals surface area (Å²) in [5.41, 5.74) is 0.359. The van der Waals surface area contributed by atoms with E-state index in [0.717, 1.165) is 37.5 Å². The standard InChI is InChI=1S/C20H32BClN2O4/c1-23-20(19(25)26,10-2-3-12-21(27)28)11-15-24-13-8-17(9-14-24)16-4-6-18(22)7-5-16/h4-7,17,23,27-28H,2-3,8-15H2,1H3,(H,25,26). The zero-order valence-electron chi connectivity index (χ0n) is 16.6. The van der Waals surface area contributed by atoms with Crippen molar-refractivity contribution < 1.29 is 19.9 Å². The second kappa shape index (κ2) is 11.2. The van der Waals surface area contributed by atoms with E-state index in [1.807, 2.05) is 12.1 Å². The fourth-order valence-corrected chi connectivity index (χ4v) is 4.15. The van der Waals surface area contributed by atoms with Crippen LogP contribution in [0.1, 0.15) is 50.0 Å². The van der Waals surface area contributed by atoms with Gasteiger partial charge in [-0.1, -0.05) is 36.6 Å². The molecule has 1 saturated heterocycles. The molecule has 0 spiro atoms. The Kier molecular flexibility index (Phi) is 9.24. The molecule has 1 atom stereocenters. The molecule has 8 heteroatoms. The highest BCUT2D eigenvalue weighted by Gasteiger charge is 2.36. The van der Waals surface area contributed by atoms with E-state index in [-0.39, 0.29) is 6.32 Å². The predicted octanol–water partition coefficient (Wildman–Crippen LogP) is 2.60. The molecule has 1 aromatic carbocycles. The number of carbonyl (C=O) groups is 1.